The standard InChI is InChI=1S/C20H16Br2N2O3S/c1-26-18-8-6-14(22)10-16(18)19(25)24-20(28)23-11-15-7-9-17(27-15)12-2-4-13(21)5-3-12/h2-10H,11H2,1H3,(H2,23,24,25,28). The minimum absolute atomic E-state index is 0.202. The van der Waals surface area contributed by atoms with Crippen LogP contribution in [0, 0.1) is 0 Å². The Labute approximate surface area is 184 Å². The molecule has 3 rings (SSSR count). The number of amides is 1. The van der Waals surface area contributed by atoms with E-state index in [-0.39, 0.29) is 11.0 Å². The summed E-state index contributed by atoms with van der Waals surface area (Å²) >= 11 is 12.0. The summed E-state index contributed by atoms with van der Waals surface area (Å²) in [6.07, 6.45) is 0. The summed E-state index contributed by atoms with van der Waals surface area (Å²) in [5, 5.41) is 5.82. The van der Waals surface area contributed by atoms with Gasteiger partial charge in [0.15, 0.2) is 5.11 Å². The number of hydrogen-bond donors (Lipinski definition) is 2. The van der Waals surface area contributed by atoms with E-state index >= 15 is 0 Å². The number of methoxy groups -OCH3 is 1. The summed E-state index contributed by atoms with van der Waals surface area (Å²) in [5.41, 5.74) is 1.36. The van der Waals surface area contributed by atoms with Gasteiger partial charge in [0, 0.05) is 14.5 Å². The number of thiocarbonyl (C=S) groups is 1. The van der Waals surface area contributed by atoms with Crippen LogP contribution in [-0.2, 0) is 6.54 Å². The van der Waals surface area contributed by atoms with E-state index in [1.807, 2.05) is 36.4 Å². The molecule has 3 aromatic rings. The molecule has 0 aliphatic rings. The van der Waals surface area contributed by atoms with E-state index in [0.29, 0.717) is 23.6 Å². The number of carbonyl (C=O) groups excluding carboxylic acids is 1. The zero-order chi connectivity index (χ0) is 20.1. The number of hydrogen-bond acceptors (Lipinski definition) is 4. The van der Waals surface area contributed by atoms with Gasteiger partial charge in [0.2, 0.25) is 0 Å². The smallest absolute Gasteiger partial charge is 0.261 e. The number of nitrogens with one attached hydrogen (secondary N) is 2. The Kier molecular flexibility index (Phi) is 6.88. The van der Waals surface area contributed by atoms with Crippen molar-refractivity contribution in [2.45, 2.75) is 6.54 Å². The third-order valence-corrected chi connectivity index (χ3v) is 5.12. The number of benzene rings is 2. The van der Waals surface area contributed by atoms with Gasteiger partial charge in [0.1, 0.15) is 17.3 Å². The van der Waals surface area contributed by atoms with Crippen LogP contribution >= 0.6 is 44.1 Å². The van der Waals surface area contributed by atoms with E-state index in [9.17, 15) is 4.79 Å². The molecule has 0 aliphatic carbocycles. The summed E-state index contributed by atoms with van der Waals surface area (Å²) in [7, 11) is 1.51. The van der Waals surface area contributed by atoms with Gasteiger partial charge in [-0.3, -0.25) is 10.1 Å². The van der Waals surface area contributed by atoms with Crippen LogP contribution in [0.3, 0.4) is 0 Å². The molecule has 0 spiro atoms. The van der Waals surface area contributed by atoms with E-state index in [1.165, 1.54) is 7.11 Å². The van der Waals surface area contributed by atoms with E-state index in [2.05, 4.69) is 42.5 Å². The molecule has 2 aromatic carbocycles. The van der Waals surface area contributed by atoms with Crippen LogP contribution in [0.2, 0.25) is 0 Å². The molecule has 0 saturated heterocycles. The fourth-order valence-corrected chi connectivity index (χ4v) is 3.27. The number of carbonyl (C=O) groups is 1. The van der Waals surface area contributed by atoms with Crippen molar-refractivity contribution in [2.75, 3.05) is 7.11 Å². The molecule has 8 heteroatoms. The molecule has 144 valence electrons. The van der Waals surface area contributed by atoms with Crippen molar-refractivity contribution >= 4 is 55.1 Å². The molecule has 5 nitrogen and oxygen atoms in total. The molecule has 0 aliphatic heterocycles. The minimum Gasteiger partial charge on any atom is -0.496 e. The highest BCUT2D eigenvalue weighted by Gasteiger charge is 2.14. The lowest BCUT2D eigenvalue weighted by atomic mass is 10.2. The second kappa shape index (κ2) is 9.36. The molecule has 1 amide bonds. The van der Waals surface area contributed by atoms with Gasteiger partial charge in [-0.2, -0.15) is 0 Å². The third kappa shape index (κ3) is 5.21. The van der Waals surface area contributed by atoms with Gasteiger partial charge in [0.05, 0.1) is 19.2 Å². The predicted molar refractivity (Wildman–Crippen MR) is 119 cm³/mol. The highest BCUT2D eigenvalue weighted by atomic mass is 79.9. The fraction of sp³-hybridized carbons (Fsp3) is 0.100. The zero-order valence-corrected chi connectivity index (χ0v) is 18.8. The molecular weight excluding hydrogens is 508 g/mol. The average Bonchev–Trinajstić information content (AvgIpc) is 3.16. The number of ether oxygens (including phenoxy) is 1. The molecule has 0 fully saturated rings. The molecule has 0 saturated carbocycles. The Bertz CT molecular complexity index is 1000. The highest BCUT2D eigenvalue weighted by Crippen LogP contribution is 2.24. The van der Waals surface area contributed by atoms with Crippen molar-refractivity contribution in [2.24, 2.45) is 0 Å². The van der Waals surface area contributed by atoms with E-state index < -0.39 is 0 Å². The van der Waals surface area contributed by atoms with Gasteiger partial charge in [-0.05, 0) is 54.7 Å². The van der Waals surface area contributed by atoms with Crippen LogP contribution in [0.25, 0.3) is 11.3 Å². The van der Waals surface area contributed by atoms with E-state index in [0.717, 1.165) is 20.3 Å². The molecule has 0 atom stereocenters. The Morgan fingerprint density at radius 1 is 1.07 bits per heavy atom. The van der Waals surface area contributed by atoms with Crippen molar-refractivity contribution in [3.63, 3.8) is 0 Å². The first-order valence-corrected chi connectivity index (χ1v) is 10.2. The van der Waals surface area contributed by atoms with Gasteiger partial charge < -0.3 is 14.5 Å². The average molecular weight is 524 g/mol. The molecule has 0 radical (unpaired) electrons. The molecule has 1 heterocycles. The van der Waals surface area contributed by atoms with Crippen molar-refractivity contribution in [3.05, 3.63) is 74.9 Å². The maximum absolute atomic E-state index is 12.4. The molecule has 1 aromatic heterocycles. The van der Waals surface area contributed by atoms with Crippen LogP contribution in [0.15, 0.2) is 68.0 Å². The molecule has 0 unspecified atom stereocenters. The number of halogens is 2. The SMILES string of the molecule is COc1ccc(Br)cc1C(=O)NC(=S)NCc1ccc(-c2ccc(Br)cc2)o1. The zero-order valence-electron chi connectivity index (χ0n) is 14.8. The van der Waals surface area contributed by atoms with E-state index in [1.54, 1.807) is 18.2 Å². The van der Waals surface area contributed by atoms with Crippen LogP contribution in [0.5, 0.6) is 5.75 Å². The van der Waals surface area contributed by atoms with Crippen LogP contribution in [0.1, 0.15) is 16.1 Å². The second-order valence-corrected chi connectivity index (χ2v) is 7.99. The van der Waals surface area contributed by atoms with Gasteiger partial charge in [-0.1, -0.05) is 44.0 Å². The first-order valence-electron chi connectivity index (χ1n) is 8.23. The van der Waals surface area contributed by atoms with E-state index in [4.69, 9.17) is 21.4 Å². The maximum Gasteiger partial charge on any atom is 0.261 e. The highest BCUT2D eigenvalue weighted by molar-refractivity contribution is 9.10. The summed E-state index contributed by atoms with van der Waals surface area (Å²) in [6, 6.07) is 16.8. The monoisotopic (exact) mass is 522 g/mol. The predicted octanol–water partition coefficient (Wildman–Crippen LogP) is 5.28. The summed E-state index contributed by atoms with van der Waals surface area (Å²) < 4.78 is 12.8. The van der Waals surface area contributed by atoms with Crippen LogP contribution < -0.4 is 15.4 Å². The maximum atomic E-state index is 12.4. The van der Waals surface area contributed by atoms with Gasteiger partial charge in [-0.15, -0.1) is 0 Å². The van der Waals surface area contributed by atoms with Crippen molar-refractivity contribution in [3.8, 4) is 17.1 Å². The first-order chi connectivity index (χ1) is 13.5. The Balaban J connectivity index is 1.58. The Hall–Kier alpha value is -2.16. The first kappa shape index (κ1) is 20.6. The lowest BCUT2D eigenvalue weighted by Gasteiger charge is -2.11. The second-order valence-electron chi connectivity index (χ2n) is 5.75. The largest absolute Gasteiger partial charge is 0.496 e. The molecular formula is C20H16Br2N2O3S. The minimum atomic E-state index is -0.356. The number of furan rings is 1. The van der Waals surface area contributed by atoms with Crippen molar-refractivity contribution in [1.82, 2.24) is 10.6 Å². The topological polar surface area (TPSA) is 63.5 Å². The summed E-state index contributed by atoms with van der Waals surface area (Å²) in [6.45, 7) is 0.352. The fourth-order valence-electron chi connectivity index (χ4n) is 2.48. The van der Waals surface area contributed by atoms with Crippen molar-refractivity contribution in [1.29, 1.82) is 0 Å². The Morgan fingerprint density at radius 3 is 2.50 bits per heavy atom. The van der Waals surface area contributed by atoms with Crippen molar-refractivity contribution < 1.29 is 13.9 Å². The van der Waals surface area contributed by atoms with Crippen LogP contribution in [0.4, 0.5) is 0 Å². The summed E-state index contributed by atoms with van der Waals surface area (Å²) in [5.74, 6) is 1.58. The molecule has 28 heavy (non-hydrogen) atoms. The van der Waals surface area contributed by atoms with Gasteiger partial charge in [-0.25, -0.2) is 0 Å². The van der Waals surface area contributed by atoms with Crippen LogP contribution in [-0.4, -0.2) is 18.1 Å². The molecule has 2 N–H and O–H groups in total. The Morgan fingerprint density at radius 2 is 1.79 bits per heavy atom. The lowest BCUT2D eigenvalue weighted by Crippen LogP contribution is -2.38. The third-order valence-electron chi connectivity index (χ3n) is 3.85. The molecule has 0 bridgehead atoms. The summed E-state index contributed by atoms with van der Waals surface area (Å²) in [4.78, 5) is 12.4. The van der Waals surface area contributed by atoms with Gasteiger partial charge >= 0.3 is 0 Å². The quantitative estimate of drug-likeness (QED) is 0.445. The van der Waals surface area contributed by atoms with Gasteiger partial charge in [0.25, 0.3) is 5.91 Å². The lowest BCUT2D eigenvalue weighted by molar-refractivity contribution is 0.0973. The number of rotatable bonds is 5. The normalized spacial score (nSPS) is 10.4.